The van der Waals surface area contributed by atoms with E-state index < -0.39 is 5.54 Å². The number of halogens is 1. The van der Waals surface area contributed by atoms with Crippen molar-refractivity contribution in [1.82, 2.24) is 5.32 Å². The summed E-state index contributed by atoms with van der Waals surface area (Å²) >= 11 is 5.66. The Bertz CT molecular complexity index is 429. The summed E-state index contributed by atoms with van der Waals surface area (Å²) in [7, 11) is 0. The predicted molar refractivity (Wildman–Crippen MR) is 59.6 cm³/mol. The van der Waals surface area contributed by atoms with Crippen LogP contribution in [0, 0.1) is 0 Å². The van der Waals surface area contributed by atoms with E-state index in [1.54, 1.807) is 0 Å². The molecular formula is C11H12ClNO3. The van der Waals surface area contributed by atoms with Crippen LogP contribution in [0.1, 0.15) is 23.2 Å². The molecule has 0 spiro atoms. The summed E-state index contributed by atoms with van der Waals surface area (Å²) in [6.45, 7) is -0.0763. The SMILES string of the molecule is O=C(NC1(CO)CC1)c1ccc(Cl)cc1O. The van der Waals surface area contributed by atoms with Gasteiger partial charge in [0.1, 0.15) is 5.75 Å². The largest absolute Gasteiger partial charge is 0.507 e. The van der Waals surface area contributed by atoms with Crippen molar-refractivity contribution in [1.29, 1.82) is 0 Å². The molecule has 0 bridgehead atoms. The molecule has 0 heterocycles. The Morgan fingerprint density at radius 2 is 2.19 bits per heavy atom. The standard InChI is InChI=1S/C11H12ClNO3/c12-7-1-2-8(9(15)5-7)10(16)13-11(6-14)3-4-11/h1-2,5,14-15H,3-4,6H2,(H,13,16). The summed E-state index contributed by atoms with van der Waals surface area (Å²) in [6, 6.07) is 4.31. The van der Waals surface area contributed by atoms with Gasteiger partial charge in [-0.1, -0.05) is 11.6 Å². The molecule has 1 amide bonds. The first-order valence-corrected chi connectivity index (χ1v) is 5.36. The average molecular weight is 242 g/mol. The lowest BCUT2D eigenvalue weighted by Gasteiger charge is -2.14. The molecule has 16 heavy (non-hydrogen) atoms. The number of amides is 1. The number of phenolic OH excluding ortho intramolecular Hbond substituents is 1. The minimum atomic E-state index is -0.483. The first-order chi connectivity index (χ1) is 7.56. The molecule has 86 valence electrons. The van der Waals surface area contributed by atoms with Gasteiger partial charge in [0.2, 0.25) is 0 Å². The van der Waals surface area contributed by atoms with Gasteiger partial charge >= 0.3 is 0 Å². The van der Waals surface area contributed by atoms with Crippen LogP contribution in [0.2, 0.25) is 5.02 Å². The van der Waals surface area contributed by atoms with Crippen LogP contribution in [-0.4, -0.2) is 28.3 Å². The molecule has 4 nitrogen and oxygen atoms in total. The monoisotopic (exact) mass is 241 g/mol. The summed E-state index contributed by atoms with van der Waals surface area (Å²) in [6.07, 6.45) is 1.53. The number of aliphatic hydroxyl groups excluding tert-OH is 1. The topological polar surface area (TPSA) is 69.6 Å². The zero-order valence-electron chi connectivity index (χ0n) is 8.53. The van der Waals surface area contributed by atoms with Gasteiger partial charge in [-0.2, -0.15) is 0 Å². The maximum atomic E-state index is 11.8. The van der Waals surface area contributed by atoms with Crippen molar-refractivity contribution in [2.24, 2.45) is 0 Å². The molecule has 0 unspecified atom stereocenters. The van der Waals surface area contributed by atoms with E-state index in [0.29, 0.717) is 5.02 Å². The van der Waals surface area contributed by atoms with Gasteiger partial charge in [0.15, 0.2) is 0 Å². The third kappa shape index (κ3) is 2.13. The maximum absolute atomic E-state index is 11.8. The fraction of sp³-hybridized carbons (Fsp3) is 0.364. The fourth-order valence-electron chi connectivity index (χ4n) is 1.48. The molecule has 0 saturated heterocycles. The Labute approximate surface area is 97.9 Å². The average Bonchev–Trinajstić information content (AvgIpc) is 2.98. The molecule has 0 aromatic heterocycles. The van der Waals surface area contributed by atoms with Crippen LogP contribution >= 0.6 is 11.6 Å². The first kappa shape index (κ1) is 11.2. The first-order valence-electron chi connectivity index (χ1n) is 4.98. The summed E-state index contributed by atoms with van der Waals surface area (Å²) < 4.78 is 0. The fourth-order valence-corrected chi connectivity index (χ4v) is 1.64. The molecule has 0 aliphatic heterocycles. The number of phenols is 1. The molecule has 1 aliphatic rings. The van der Waals surface area contributed by atoms with Crippen LogP contribution < -0.4 is 5.32 Å². The normalized spacial score (nSPS) is 16.9. The molecule has 1 saturated carbocycles. The molecule has 3 N–H and O–H groups in total. The smallest absolute Gasteiger partial charge is 0.255 e. The van der Waals surface area contributed by atoms with Gasteiger partial charge in [0.05, 0.1) is 17.7 Å². The highest BCUT2D eigenvalue weighted by Crippen LogP contribution is 2.35. The molecule has 0 radical (unpaired) electrons. The lowest BCUT2D eigenvalue weighted by molar-refractivity contribution is 0.0904. The van der Waals surface area contributed by atoms with E-state index in [1.807, 2.05) is 0 Å². The second-order valence-corrected chi connectivity index (χ2v) is 4.49. The van der Waals surface area contributed by atoms with Crippen LogP contribution in [0.5, 0.6) is 5.75 Å². The number of nitrogens with one attached hydrogen (secondary N) is 1. The Balaban J connectivity index is 2.15. The third-order valence-electron chi connectivity index (χ3n) is 2.74. The van der Waals surface area contributed by atoms with Gasteiger partial charge in [-0.25, -0.2) is 0 Å². The van der Waals surface area contributed by atoms with Gasteiger partial charge in [-0.3, -0.25) is 4.79 Å². The Morgan fingerprint density at radius 1 is 1.50 bits per heavy atom. The van der Waals surface area contributed by atoms with E-state index in [9.17, 15) is 9.90 Å². The van der Waals surface area contributed by atoms with E-state index in [4.69, 9.17) is 16.7 Å². The lowest BCUT2D eigenvalue weighted by atomic mass is 10.1. The van der Waals surface area contributed by atoms with Gasteiger partial charge in [-0.15, -0.1) is 0 Å². The molecule has 1 aromatic carbocycles. The second-order valence-electron chi connectivity index (χ2n) is 4.05. The van der Waals surface area contributed by atoms with Crippen molar-refractivity contribution in [3.63, 3.8) is 0 Å². The van der Waals surface area contributed by atoms with Crippen molar-refractivity contribution >= 4 is 17.5 Å². The quantitative estimate of drug-likeness (QED) is 0.747. The van der Waals surface area contributed by atoms with Crippen LogP contribution in [-0.2, 0) is 0 Å². The summed E-state index contributed by atoms with van der Waals surface area (Å²) in [5, 5.41) is 21.7. The summed E-state index contributed by atoms with van der Waals surface area (Å²) in [4.78, 5) is 11.8. The minimum Gasteiger partial charge on any atom is -0.507 e. The predicted octanol–water partition coefficient (Wildman–Crippen LogP) is 1.30. The summed E-state index contributed by atoms with van der Waals surface area (Å²) in [5.74, 6) is -0.542. The molecule has 1 fully saturated rings. The molecule has 5 heteroatoms. The van der Waals surface area contributed by atoms with E-state index in [-0.39, 0.29) is 23.8 Å². The zero-order valence-corrected chi connectivity index (χ0v) is 9.29. The number of carbonyl (C=O) groups is 1. The number of rotatable bonds is 3. The Morgan fingerprint density at radius 3 is 2.69 bits per heavy atom. The van der Waals surface area contributed by atoms with E-state index in [1.165, 1.54) is 18.2 Å². The molecular weight excluding hydrogens is 230 g/mol. The second kappa shape index (κ2) is 3.96. The van der Waals surface area contributed by atoms with Crippen molar-refractivity contribution < 1.29 is 15.0 Å². The van der Waals surface area contributed by atoms with Crippen LogP contribution in [0.15, 0.2) is 18.2 Å². The van der Waals surface area contributed by atoms with E-state index in [2.05, 4.69) is 5.32 Å². The summed E-state index contributed by atoms with van der Waals surface area (Å²) in [5.41, 5.74) is -0.312. The maximum Gasteiger partial charge on any atom is 0.255 e. The molecule has 1 aliphatic carbocycles. The Kier molecular flexibility index (Phi) is 2.78. The van der Waals surface area contributed by atoms with Gasteiger partial charge in [-0.05, 0) is 31.0 Å². The van der Waals surface area contributed by atoms with E-state index >= 15 is 0 Å². The van der Waals surface area contributed by atoms with Gasteiger partial charge in [0.25, 0.3) is 5.91 Å². The van der Waals surface area contributed by atoms with Crippen molar-refractivity contribution in [2.75, 3.05) is 6.61 Å². The highest BCUT2D eigenvalue weighted by molar-refractivity contribution is 6.30. The van der Waals surface area contributed by atoms with Crippen molar-refractivity contribution in [2.45, 2.75) is 18.4 Å². The number of aromatic hydroxyl groups is 1. The molecule has 2 rings (SSSR count). The van der Waals surface area contributed by atoms with E-state index in [0.717, 1.165) is 12.8 Å². The number of benzene rings is 1. The van der Waals surface area contributed by atoms with Crippen molar-refractivity contribution in [3.8, 4) is 5.75 Å². The van der Waals surface area contributed by atoms with Gasteiger partial charge < -0.3 is 15.5 Å². The number of hydrogen-bond donors (Lipinski definition) is 3. The van der Waals surface area contributed by atoms with Crippen molar-refractivity contribution in [3.05, 3.63) is 28.8 Å². The number of aliphatic hydroxyl groups is 1. The lowest BCUT2D eigenvalue weighted by Crippen LogP contribution is -2.39. The highest BCUT2D eigenvalue weighted by Gasteiger charge is 2.43. The molecule has 0 atom stereocenters. The number of hydrogen-bond acceptors (Lipinski definition) is 3. The van der Waals surface area contributed by atoms with Crippen LogP contribution in [0.4, 0.5) is 0 Å². The number of carbonyl (C=O) groups excluding carboxylic acids is 1. The third-order valence-corrected chi connectivity index (χ3v) is 2.97. The van der Waals surface area contributed by atoms with Crippen LogP contribution in [0.25, 0.3) is 0 Å². The molecule has 1 aromatic rings. The van der Waals surface area contributed by atoms with Gasteiger partial charge in [0, 0.05) is 5.02 Å². The van der Waals surface area contributed by atoms with Crippen LogP contribution in [0.3, 0.4) is 0 Å². The Hall–Kier alpha value is -1.26. The highest BCUT2D eigenvalue weighted by atomic mass is 35.5. The zero-order chi connectivity index (χ0) is 11.8. The minimum absolute atomic E-state index is 0.0763.